The number of hydrogen-bond acceptors (Lipinski definition) is 8. The zero-order valence-electron chi connectivity index (χ0n) is 14.6. The molecule has 26 heavy (non-hydrogen) atoms. The molecule has 0 unspecified atom stereocenters. The van der Waals surface area contributed by atoms with Crippen LogP contribution in [-0.2, 0) is 17.9 Å². The summed E-state index contributed by atoms with van der Waals surface area (Å²) in [4.78, 5) is 21.3. The fraction of sp³-hybridized carbons (Fsp3) is 0.625. The Balaban J connectivity index is 1.42. The van der Waals surface area contributed by atoms with Crippen molar-refractivity contribution in [2.24, 2.45) is 5.92 Å². The molecule has 3 heterocycles. The van der Waals surface area contributed by atoms with Crippen LogP contribution in [0.4, 0.5) is 10.8 Å². The van der Waals surface area contributed by atoms with Crippen molar-refractivity contribution in [1.82, 2.24) is 19.1 Å². The highest BCUT2D eigenvalue weighted by Crippen LogP contribution is 2.30. The normalized spacial score (nSPS) is 17.8. The molecule has 140 valence electrons. The van der Waals surface area contributed by atoms with E-state index in [1.54, 1.807) is 13.3 Å². The van der Waals surface area contributed by atoms with Gasteiger partial charge in [0.2, 0.25) is 5.13 Å². The van der Waals surface area contributed by atoms with E-state index in [2.05, 4.69) is 24.3 Å². The Morgan fingerprint density at radius 2 is 2.00 bits per heavy atom. The third-order valence-corrected chi connectivity index (χ3v) is 5.89. The van der Waals surface area contributed by atoms with Crippen LogP contribution in [0.1, 0.15) is 18.7 Å². The number of rotatable bonds is 6. The molecule has 0 atom stereocenters. The third kappa shape index (κ3) is 3.70. The van der Waals surface area contributed by atoms with Gasteiger partial charge in [-0.3, -0.25) is 4.79 Å². The molecular formula is C16H21ClN6O2S. The first-order valence-electron chi connectivity index (χ1n) is 8.72. The summed E-state index contributed by atoms with van der Waals surface area (Å²) in [7, 11) is 1.63. The molecule has 4 rings (SSSR count). The number of ether oxygens (including phenoxy) is 1. The van der Waals surface area contributed by atoms with E-state index in [1.807, 2.05) is 0 Å². The van der Waals surface area contributed by atoms with E-state index < -0.39 is 0 Å². The molecule has 0 bridgehead atoms. The Labute approximate surface area is 160 Å². The predicted molar refractivity (Wildman–Crippen MR) is 101 cm³/mol. The largest absolute Gasteiger partial charge is 0.377 e. The van der Waals surface area contributed by atoms with Crippen LogP contribution >= 0.6 is 23.1 Å². The van der Waals surface area contributed by atoms with Crippen molar-refractivity contribution >= 4 is 34.0 Å². The SMILES string of the molecule is COCc1nsc(N2CCN(c3cnn(CC4CC4)c(=O)c3Cl)CC2)n1. The van der Waals surface area contributed by atoms with Gasteiger partial charge in [0, 0.05) is 51.4 Å². The molecule has 1 saturated heterocycles. The highest BCUT2D eigenvalue weighted by atomic mass is 35.5. The summed E-state index contributed by atoms with van der Waals surface area (Å²) >= 11 is 7.75. The fourth-order valence-electron chi connectivity index (χ4n) is 3.05. The van der Waals surface area contributed by atoms with Gasteiger partial charge >= 0.3 is 0 Å². The highest BCUT2D eigenvalue weighted by Gasteiger charge is 2.26. The molecule has 1 saturated carbocycles. The first-order valence-corrected chi connectivity index (χ1v) is 9.88. The van der Waals surface area contributed by atoms with Crippen LogP contribution in [0.15, 0.2) is 11.0 Å². The van der Waals surface area contributed by atoms with Crippen molar-refractivity contribution in [2.75, 3.05) is 43.1 Å². The monoisotopic (exact) mass is 396 g/mol. The van der Waals surface area contributed by atoms with Crippen LogP contribution in [0.5, 0.6) is 0 Å². The minimum Gasteiger partial charge on any atom is -0.377 e. The number of anilines is 2. The number of halogens is 1. The third-order valence-electron chi connectivity index (χ3n) is 4.72. The second kappa shape index (κ2) is 7.50. The van der Waals surface area contributed by atoms with Gasteiger partial charge in [0.25, 0.3) is 5.56 Å². The maximum atomic E-state index is 12.4. The molecule has 0 N–H and O–H groups in total. The smallest absolute Gasteiger partial charge is 0.287 e. The lowest BCUT2D eigenvalue weighted by Crippen LogP contribution is -2.47. The number of aromatic nitrogens is 4. The van der Waals surface area contributed by atoms with Gasteiger partial charge in [-0.25, -0.2) is 9.67 Å². The van der Waals surface area contributed by atoms with Crippen LogP contribution in [0.2, 0.25) is 5.02 Å². The van der Waals surface area contributed by atoms with E-state index in [0.29, 0.717) is 24.9 Å². The van der Waals surface area contributed by atoms with E-state index in [-0.39, 0.29) is 10.6 Å². The molecule has 0 radical (unpaired) electrons. The summed E-state index contributed by atoms with van der Waals surface area (Å²) in [5, 5.41) is 5.50. The number of methoxy groups -OCH3 is 1. The van der Waals surface area contributed by atoms with E-state index in [1.165, 1.54) is 29.1 Å². The lowest BCUT2D eigenvalue weighted by Gasteiger charge is -2.35. The summed E-state index contributed by atoms with van der Waals surface area (Å²) in [5.41, 5.74) is 0.535. The Kier molecular flexibility index (Phi) is 5.10. The molecule has 0 aromatic carbocycles. The maximum Gasteiger partial charge on any atom is 0.287 e. The summed E-state index contributed by atoms with van der Waals surface area (Å²) in [6.45, 7) is 4.20. The molecule has 2 aromatic heterocycles. The van der Waals surface area contributed by atoms with E-state index in [0.717, 1.165) is 37.0 Å². The molecule has 8 nitrogen and oxygen atoms in total. The Morgan fingerprint density at radius 1 is 1.27 bits per heavy atom. The second-order valence-corrected chi connectivity index (χ2v) is 7.78. The van der Waals surface area contributed by atoms with Crippen LogP contribution in [0.3, 0.4) is 0 Å². The molecule has 10 heteroatoms. The summed E-state index contributed by atoms with van der Waals surface area (Å²) in [5.74, 6) is 1.29. The Hall–Kier alpha value is -1.71. The number of piperazine rings is 1. The Bertz CT molecular complexity index is 828. The topological polar surface area (TPSA) is 76.4 Å². The quantitative estimate of drug-likeness (QED) is 0.734. The Morgan fingerprint density at radius 3 is 2.69 bits per heavy atom. The predicted octanol–water partition coefficient (Wildman–Crippen LogP) is 1.63. The lowest BCUT2D eigenvalue weighted by atomic mass is 10.3. The first kappa shape index (κ1) is 17.7. The van der Waals surface area contributed by atoms with Gasteiger partial charge in [0.1, 0.15) is 11.6 Å². The molecule has 1 aliphatic carbocycles. The van der Waals surface area contributed by atoms with Gasteiger partial charge in [-0.05, 0) is 18.8 Å². The van der Waals surface area contributed by atoms with Gasteiger partial charge in [-0.2, -0.15) is 9.47 Å². The van der Waals surface area contributed by atoms with E-state index in [4.69, 9.17) is 16.3 Å². The van der Waals surface area contributed by atoms with Crippen LogP contribution in [0, 0.1) is 5.92 Å². The number of hydrogen-bond donors (Lipinski definition) is 0. The molecule has 1 aliphatic heterocycles. The van der Waals surface area contributed by atoms with Gasteiger partial charge in [-0.1, -0.05) is 11.6 Å². The van der Waals surface area contributed by atoms with E-state index in [9.17, 15) is 4.79 Å². The maximum absolute atomic E-state index is 12.4. The lowest BCUT2D eigenvalue weighted by molar-refractivity contribution is 0.179. The average Bonchev–Trinajstić information content (AvgIpc) is 3.35. The van der Waals surface area contributed by atoms with Gasteiger partial charge in [0.15, 0.2) is 5.82 Å². The van der Waals surface area contributed by atoms with Crippen molar-refractivity contribution in [3.05, 3.63) is 27.4 Å². The molecule has 2 fully saturated rings. The summed E-state index contributed by atoms with van der Waals surface area (Å²) in [6, 6.07) is 0. The van der Waals surface area contributed by atoms with Crippen molar-refractivity contribution in [1.29, 1.82) is 0 Å². The van der Waals surface area contributed by atoms with Gasteiger partial charge < -0.3 is 14.5 Å². The minimum absolute atomic E-state index is 0.188. The van der Waals surface area contributed by atoms with Crippen molar-refractivity contribution in [3.8, 4) is 0 Å². The zero-order chi connectivity index (χ0) is 18.1. The highest BCUT2D eigenvalue weighted by molar-refractivity contribution is 7.09. The number of nitrogens with zero attached hydrogens (tertiary/aromatic N) is 6. The molecule has 0 amide bonds. The second-order valence-electron chi connectivity index (χ2n) is 6.67. The van der Waals surface area contributed by atoms with E-state index >= 15 is 0 Å². The van der Waals surface area contributed by atoms with Gasteiger partial charge in [-0.15, -0.1) is 0 Å². The summed E-state index contributed by atoms with van der Waals surface area (Å²) in [6.07, 6.45) is 4.07. The molecule has 2 aromatic rings. The molecule has 0 spiro atoms. The first-order chi connectivity index (χ1) is 12.7. The van der Waals surface area contributed by atoms with Crippen LogP contribution in [0.25, 0.3) is 0 Å². The van der Waals surface area contributed by atoms with Crippen molar-refractivity contribution in [2.45, 2.75) is 26.0 Å². The fourth-order valence-corrected chi connectivity index (χ4v) is 4.04. The zero-order valence-corrected chi connectivity index (χ0v) is 16.2. The average molecular weight is 397 g/mol. The minimum atomic E-state index is -0.188. The van der Waals surface area contributed by atoms with Crippen LogP contribution in [-0.4, -0.2) is 52.4 Å². The van der Waals surface area contributed by atoms with Crippen molar-refractivity contribution < 1.29 is 4.74 Å². The van der Waals surface area contributed by atoms with Gasteiger partial charge in [0.05, 0.1) is 11.9 Å². The van der Waals surface area contributed by atoms with Crippen molar-refractivity contribution in [3.63, 3.8) is 0 Å². The van der Waals surface area contributed by atoms with Crippen LogP contribution < -0.4 is 15.4 Å². The molecular weight excluding hydrogens is 376 g/mol. The summed E-state index contributed by atoms with van der Waals surface area (Å²) < 4.78 is 10.9. The molecule has 2 aliphatic rings. The standard InChI is InChI=1S/C16H21ClN6O2S/c1-25-10-13-19-16(26-20-13)22-6-4-21(5-7-22)12-8-18-23(9-11-2-3-11)15(24)14(12)17/h8,11H,2-7,9-10H2,1H3.